The number of benzene rings is 2. The largest absolute Gasteiger partial charge is 0.508 e. The minimum Gasteiger partial charge on any atom is -0.508 e. The standard InChI is InChI=1S/C26H37NO3/c1-2-3-4-5-9-16-26(29,23-12-14-24(28)15-13-23)25(22-10-7-6-8-11-22)21-27-17-19-30-20-18-27/h6-8,10-15,25,28-29H,2-5,9,16-21H2,1H3/t25-,26+/m1/s1. The Balaban J connectivity index is 1.90. The van der Waals surface area contributed by atoms with Crippen molar-refractivity contribution in [2.24, 2.45) is 0 Å². The molecule has 2 N–H and O–H groups in total. The van der Waals surface area contributed by atoms with Gasteiger partial charge in [-0.1, -0.05) is 81.5 Å². The predicted octanol–water partition coefficient (Wildman–Crippen LogP) is 5.06. The lowest BCUT2D eigenvalue weighted by atomic mass is 9.74. The third kappa shape index (κ3) is 6.07. The zero-order chi connectivity index (χ0) is 21.2. The third-order valence-corrected chi connectivity index (χ3v) is 6.35. The highest BCUT2D eigenvalue weighted by molar-refractivity contribution is 5.35. The fourth-order valence-corrected chi connectivity index (χ4v) is 4.53. The van der Waals surface area contributed by atoms with Crippen LogP contribution in [-0.2, 0) is 10.3 Å². The molecule has 1 heterocycles. The Bertz CT molecular complexity index is 728. The molecule has 1 fully saturated rings. The van der Waals surface area contributed by atoms with E-state index < -0.39 is 5.60 Å². The second-order valence-corrected chi connectivity index (χ2v) is 8.51. The molecule has 30 heavy (non-hydrogen) atoms. The van der Waals surface area contributed by atoms with Crippen molar-refractivity contribution in [2.75, 3.05) is 32.8 Å². The normalized spacial score (nSPS) is 18.1. The van der Waals surface area contributed by atoms with E-state index in [2.05, 4.69) is 36.1 Å². The Morgan fingerprint density at radius 1 is 0.933 bits per heavy atom. The number of hydrogen-bond donors (Lipinski definition) is 2. The van der Waals surface area contributed by atoms with Crippen molar-refractivity contribution >= 4 is 0 Å². The molecule has 0 spiro atoms. The summed E-state index contributed by atoms with van der Waals surface area (Å²) < 4.78 is 5.54. The SMILES string of the molecule is CCCCCCC[C@](O)(c1ccc(O)cc1)[C@H](CN1CCOCC1)c1ccccc1. The highest BCUT2D eigenvalue weighted by Gasteiger charge is 2.40. The number of phenols is 1. The molecule has 1 saturated heterocycles. The van der Waals surface area contributed by atoms with Gasteiger partial charge in [0.25, 0.3) is 0 Å². The molecule has 2 aromatic rings. The van der Waals surface area contributed by atoms with Crippen LogP contribution < -0.4 is 0 Å². The van der Waals surface area contributed by atoms with Crippen LogP contribution >= 0.6 is 0 Å². The molecular weight excluding hydrogens is 374 g/mol. The summed E-state index contributed by atoms with van der Waals surface area (Å²) in [5.41, 5.74) is 1.06. The maximum absolute atomic E-state index is 12.2. The Kier molecular flexibility index (Phi) is 8.74. The summed E-state index contributed by atoms with van der Waals surface area (Å²) in [6.45, 7) is 6.30. The molecule has 2 atom stereocenters. The molecule has 164 valence electrons. The maximum Gasteiger partial charge on any atom is 0.115 e. The average Bonchev–Trinajstić information content (AvgIpc) is 2.79. The molecule has 4 heteroatoms. The lowest BCUT2D eigenvalue weighted by Crippen LogP contribution is -2.45. The van der Waals surface area contributed by atoms with Gasteiger partial charge in [0.2, 0.25) is 0 Å². The molecule has 3 rings (SSSR count). The van der Waals surface area contributed by atoms with E-state index in [1.807, 2.05) is 18.2 Å². The van der Waals surface area contributed by atoms with E-state index in [0.717, 1.165) is 56.8 Å². The van der Waals surface area contributed by atoms with E-state index in [9.17, 15) is 10.2 Å². The fourth-order valence-electron chi connectivity index (χ4n) is 4.53. The number of nitrogens with zero attached hydrogens (tertiary/aromatic N) is 1. The fraction of sp³-hybridized carbons (Fsp3) is 0.538. The molecule has 0 aliphatic carbocycles. The monoisotopic (exact) mass is 411 g/mol. The predicted molar refractivity (Wildman–Crippen MR) is 122 cm³/mol. The summed E-state index contributed by atoms with van der Waals surface area (Å²) in [5, 5.41) is 22.0. The van der Waals surface area contributed by atoms with Gasteiger partial charge in [0, 0.05) is 25.6 Å². The van der Waals surface area contributed by atoms with Crippen molar-refractivity contribution in [3.8, 4) is 5.75 Å². The molecule has 0 unspecified atom stereocenters. The molecule has 0 bridgehead atoms. The van der Waals surface area contributed by atoms with Crippen LogP contribution in [0.5, 0.6) is 5.75 Å². The van der Waals surface area contributed by atoms with Crippen molar-refractivity contribution in [1.82, 2.24) is 4.90 Å². The van der Waals surface area contributed by atoms with Crippen molar-refractivity contribution in [2.45, 2.75) is 57.0 Å². The topological polar surface area (TPSA) is 52.9 Å². The third-order valence-electron chi connectivity index (χ3n) is 6.35. The number of morpholine rings is 1. The van der Waals surface area contributed by atoms with E-state index in [-0.39, 0.29) is 11.7 Å². The molecule has 0 saturated carbocycles. The lowest BCUT2D eigenvalue weighted by molar-refractivity contribution is -0.0296. The minimum absolute atomic E-state index is 0.0486. The van der Waals surface area contributed by atoms with Gasteiger partial charge in [0.15, 0.2) is 0 Å². The van der Waals surface area contributed by atoms with Crippen molar-refractivity contribution < 1.29 is 14.9 Å². The van der Waals surface area contributed by atoms with Gasteiger partial charge in [-0.2, -0.15) is 0 Å². The van der Waals surface area contributed by atoms with Crippen LogP contribution in [-0.4, -0.2) is 48.0 Å². The van der Waals surface area contributed by atoms with Crippen LogP contribution in [0.1, 0.15) is 62.5 Å². The van der Waals surface area contributed by atoms with Gasteiger partial charge in [0.1, 0.15) is 5.75 Å². The molecule has 4 nitrogen and oxygen atoms in total. The Morgan fingerprint density at radius 3 is 2.27 bits per heavy atom. The van der Waals surface area contributed by atoms with Gasteiger partial charge in [-0.3, -0.25) is 4.90 Å². The Labute approximate surface area is 181 Å². The number of phenolic OH excluding ortho intramolecular Hbond substituents is 1. The lowest BCUT2D eigenvalue weighted by Gasteiger charge is -2.41. The van der Waals surface area contributed by atoms with E-state index in [1.54, 1.807) is 12.1 Å². The zero-order valence-electron chi connectivity index (χ0n) is 18.3. The molecule has 1 aliphatic rings. The molecule has 2 aromatic carbocycles. The minimum atomic E-state index is -0.987. The molecule has 1 aliphatic heterocycles. The molecule has 0 aromatic heterocycles. The van der Waals surface area contributed by atoms with E-state index in [1.165, 1.54) is 19.3 Å². The molecular formula is C26H37NO3. The number of aliphatic hydroxyl groups is 1. The zero-order valence-corrected chi connectivity index (χ0v) is 18.3. The van der Waals surface area contributed by atoms with Crippen LogP contribution in [0.2, 0.25) is 0 Å². The number of rotatable bonds is 11. The Morgan fingerprint density at radius 2 is 1.60 bits per heavy atom. The van der Waals surface area contributed by atoms with Crippen LogP contribution in [0, 0.1) is 0 Å². The van der Waals surface area contributed by atoms with Gasteiger partial charge >= 0.3 is 0 Å². The first-order valence-electron chi connectivity index (χ1n) is 11.5. The van der Waals surface area contributed by atoms with Gasteiger partial charge < -0.3 is 14.9 Å². The van der Waals surface area contributed by atoms with E-state index >= 15 is 0 Å². The summed E-state index contributed by atoms with van der Waals surface area (Å²) in [4.78, 5) is 2.41. The highest BCUT2D eigenvalue weighted by atomic mass is 16.5. The summed E-state index contributed by atoms with van der Waals surface area (Å²) in [6.07, 6.45) is 6.50. The number of unbranched alkanes of at least 4 members (excludes halogenated alkanes) is 4. The Hall–Kier alpha value is -1.88. The highest BCUT2D eigenvalue weighted by Crippen LogP contribution is 2.42. The van der Waals surface area contributed by atoms with Gasteiger partial charge in [-0.25, -0.2) is 0 Å². The van der Waals surface area contributed by atoms with Crippen molar-refractivity contribution in [1.29, 1.82) is 0 Å². The van der Waals surface area contributed by atoms with Crippen molar-refractivity contribution in [3.05, 3.63) is 65.7 Å². The number of ether oxygens (including phenoxy) is 1. The van der Waals surface area contributed by atoms with Gasteiger partial charge in [0.05, 0.1) is 18.8 Å². The first-order chi connectivity index (χ1) is 14.6. The first-order valence-corrected chi connectivity index (χ1v) is 11.5. The second kappa shape index (κ2) is 11.5. The molecule has 0 radical (unpaired) electrons. The summed E-state index contributed by atoms with van der Waals surface area (Å²) in [5.74, 6) is 0.181. The smallest absolute Gasteiger partial charge is 0.115 e. The van der Waals surface area contributed by atoms with Crippen LogP contribution in [0.3, 0.4) is 0 Å². The van der Waals surface area contributed by atoms with Crippen molar-refractivity contribution in [3.63, 3.8) is 0 Å². The quantitative estimate of drug-likeness (QED) is 0.508. The summed E-state index contributed by atoms with van der Waals surface area (Å²) >= 11 is 0. The van der Waals surface area contributed by atoms with Gasteiger partial charge in [-0.05, 0) is 29.7 Å². The average molecular weight is 412 g/mol. The number of aromatic hydroxyl groups is 1. The first kappa shape index (κ1) is 22.8. The second-order valence-electron chi connectivity index (χ2n) is 8.51. The van der Waals surface area contributed by atoms with Crippen LogP contribution in [0.15, 0.2) is 54.6 Å². The van der Waals surface area contributed by atoms with Gasteiger partial charge in [-0.15, -0.1) is 0 Å². The van der Waals surface area contributed by atoms with E-state index in [0.29, 0.717) is 6.42 Å². The molecule has 0 amide bonds. The van der Waals surface area contributed by atoms with Crippen LogP contribution in [0.4, 0.5) is 0 Å². The summed E-state index contributed by atoms with van der Waals surface area (Å²) in [6, 6.07) is 17.6. The van der Waals surface area contributed by atoms with E-state index in [4.69, 9.17) is 4.74 Å². The number of hydrogen-bond acceptors (Lipinski definition) is 4. The van der Waals surface area contributed by atoms with Crippen LogP contribution in [0.25, 0.3) is 0 Å². The summed E-state index contributed by atoms with van der Waals surface area (Å²) in [7, 11) is 0. The maximum atomic E-state index is 12.2.